The summed E-state index contributed by atoms with van der Waals surface area (Å²) in [5.74, 6) is 0. The van der Waals surface area contributed by atoms with E-state index in [1.54, 1.807) is 0 Å². The summed E-state index contributed by atoms with van der Waals surface area (Å²) in [6.07, 6.45) is 1.10. The highest BCUT2D eigenvalue weighted by atomic mass is 19.4. The molecule has 0 aromatic heterocycles. The van der Waals surface area contributed by atoms with Crippen LogP contribution < -0.4 is 5.32 Å². The molecular weight excluding hydrogens is 257 g/mol. The van der Waals surface area contributed by atoms with Crippen LogP contribution in [-0.2, 0) is 0 Å². The van der Waals surface area contributed by atoms with E-state index in [-0.39, 0.29) is 18.2 Å². The molecule has 0 bridgehead atoms. The van der Waals surface area contributed by atoms with E-state index in [9.17, 15) is 18.3 Å². The molecule has 1 heterocycles. The van der Waals surface area contributed by atoms with Crippen molar-refractivity contribution in [3.05, 3.63) is 0 Å². The molecule has 19 heavy (non-hydrogen) atoms. The Morgan fingerprint density at radius 1 is 1.05 bits per heavy atom. The maximum Gasteiger partial charge on any atom is 0.401 e. The van der Waals surface area contributed by atoms with E-state index in [0.717, 1.165) is 38.5 Å². The Balaban J connectivity index is 1.71. The van der Waals surface area contributed by atoms with Crippen molar-refractivity contribution < 1.29 is 18.3 Å². The van der Waals surface area contributed by atoms with E-state index in [1.165, 1.54) is 4.90 Å². The highest BCUT2D eigenvalue weighted by Gasteiger charge is 2.33. The van der Waals surface area contributed by atoms with Crippen LogP contribution in [0.25, 0.3) is 0 Å². The van der Waals surface area contributed by atoms with Crippen molar-refractivity contribution in [3.63, 3.8) is 0 Å². The van der Waals surface area contributed by atoms with Crippen LogP contribution in [0.3, 0.4) is 0 Å². The molecule has 0 aromatic carbocycles. The highest BCUT2D eigenvalue weighted by Crippen LogP contribution is 2.22. The van der Waals surface area contributed by atoms with Gasteiger partial charge in [0, 0.05) is 12.1 Å². The van der Waals surface area contributed by atoms with E-state index in [4.69, 9.17) is 0 Å². The lowest BCUT2D eigenvalue weighted by Gasteiger charge is -2.37. The molecule has 1 saturated carbocycles. The molecule has 3 nitrogen and oxygen atoms in total. The zero-order chi connectivity index (χ0) is 13.9. The molecule has 112 valence electrons. The number of nitrogens with zero attached hydrogens (tertiary/aromatic N) is 1. The van der Waals surface area contributed by atoms with Crippen LogP contribution in [0.2, 0.25) is 0 Å². The number of piperidine rings is 1. The van der Waals surface area contributed by atoms with Crippen molar-refractivity contribution in [3.8, 4) is 0 Å². The molecule has 0 unspecified atom stereocenters. The standard InChI is InChI=1S/C13H23F3N2O/c14-13(15,16)9-18-7-5-10(6-8-18)17-11-3-1-2-4-12(11)19/h10-12,17,19H,1-9H2/t11-,12-/m1/s1. The smallest absolute Gasteiger partial charge is 0.392 e. The molecule has 2 rings (SSSR count). The van der Waals surface area contributed by atoms with E-state index in [2.05, 4.69) is 5.32 Å². The second-order valence-corrected chi connectivity index (χ2v) is 5.79. The lowest BCUT2D eigenvalue weighted by molar-refractivity contribution is -0.148. The third-order valence-corrected chi connectivity index (χ3v) is 4.17. The Labute approximate surface area is 112 Å². The fraction of sp³-hybridized carbons (Fsp3) is 1.00. The van der Waals surface area contributed by atoms with Gasteiger partial charge >= 0.3 is 6.18 Å². The van der Waals surface area contributed by atoms with Crippen LogP contribution in [-0.4, -0.2) is 54.0 Å². The van der Waals surface area contributed by atoms with Gasteiger partial charge in [0.25, 0.3) is 0 Å². The molecule has 2 fully saturated rings. The Kier molecular flexibility index (Phi) is 5.09. The molecule has 1 aliphatic heterocycles. The zero-order valence-corrected chi connectivity index (χ0v) is 11.1. The van der Waals surface area contributed by atoms with E-state index in [0.29, 0.717) is 13.1 Å². The molecular formula is C13H23F3N2O. The van der Waals surface area contributed by atoms with Crippen LogP contribution in [0.4, 0.5) is 13.2 Å². The molecule has 0 amide bonds. The van der Waals surface area contributed by atoms with Gasteiger partial charge in [-0.25, -0.2) is 0 Å². The number of halogens is 3. The van der Waals surface area contributed by atoms with Gasteiger partial charge in [-0.1, -0.05) is 12.8 Å². The van der Waals surface area contributed by atoms with Crippen molar-refractivity contribution >= 4 is 0 Å². The average molecular weight is 280 g/mol. The summed E-state index contributed by atoms with van der Waals surface area (Å²) in [4.78, 5) is 1.47. The van der Waals surface area contributed by atoms with Gasteiger partial charge in [-0.15, -0.1) is 0 Å². The lowest BCUT2D eigenvalue weighted by Crippen LogP contribution is -2.51. The second kappa shape index (κ2) is 6.41. The molecule has 2 N–H and O–H groups in total. The number of aliphatic hydroxyl groups excluding tert-OH is 1. The van der Waals surface area contributed by atoms with Gasteiger partial charge in [0.1, 0.15) is 0 Å². The first-order chi connectivity index (χ1) is 8.94. The molecule has 1 aliphatic carbocycles. The Morgan fingerprint density at radius 2 is 1.68 bits per heavy atom. The molecule has 0 radical (unpaired) electrons. The normalized spacial score (nSPS) is 31.6. The summed E-state index contributed by atoms with van der Waals surface area (Å²) >= 11 is 0. The molecule has 0 aromatic rings. The first kappa shape index (κ1) is 15.1. The quantitative estimate of drug-likeness (QED) is 0.829. The minimum Gasteiger partial charge on any atom is -0.392 e. The third-order valence-electron chi connectivity index (χ3n) is 4.17. The van der Waals surface area contributed by atoms with Crippen molar-refractivity contribution in [1.82, 2.24) is 10.2 Å². The van der Waals surface area contributed by atoms with Crippen molar-refractivity contribution in [2.24, 2.45) is 0 Å². The van der Waals surface area contributed by atoms with Crippen LogP contribution in [0.1, 0.15) is 38.5 Å². The Hall–Kier alpha value is -0.330. The van der Waals surface area contributed by atoms with Gasteiger partial charge in [0.2, 0.25) is 0 Å². The summed E-state index contributed by atoms with van der Waals surface area (Å²) in [5.41, 5.74) is 0. The van der Waals surface area contributed by atoms with Crippen LogP contribution >= 0.6 is 0 Å². The number of nitrogens with one attached hydrogen (secondary N) is 1. The van der Waals surface area contributed by atoms with Crippen LogP contribution in [0.15, 0.2) is 0 Å². The predicted molar refractivity (Wildman–Crippen MR) is 66.9 cm³/mol. The first-order valence-electron chi connectivity index (χ1n) is 7.17. The van der Waals surface area contributed by atoms with Crippen molar-refractivity contribution in [2.45, 2.75) is 62.9 Å². The number of aliphatic hydroxyl groups is 1. The first-order valence-corrected chi connectivity index (χ1v) is 7.17. The minimum absolute atomic E-state index is 0.132. The van der Waals surface area contributed by atoms with Gasteiger partial charge in [-0.2, -0.15) is 13.2 Å². The zero-order valence-electron chi connectivity index (χ0n) is 11.1. The number of hydrogen-bond donors (Lipinski definition) is 2. The number of rotatable bonds is 3. The molecule has 0 spiro atoms. The van der Waals surface area contributed by atoms with Crippen molar-refractivity contribution in [1.29, 1.82) is 0 Å². The Bertz CT molecular complexity index is 278. The number of hydrogen-bond acceptors (Lipinski definition) is 3. The lowest BCUT2D eigenvalue weighted by atomic mass is 9.91. The molecule has 6 heteroatoms. The summed E-state index contributed by atoms with van der Waals surface area (Å²) < 4.78 is 36.8. The SMILES string of the molecule is O[C@@H]1CCCC[C@H]1NC1CCN(CC(F)(F)F)CC1. The van der Waals surface area contributed by atoms with Crippen molar-refractivity contribution in [2.75, 3.05) is 19.6 Å². The maximum absolute atomic E-state index is 12.3. The van der Waals surface area contributed by atoms with Gasteiger partial charge in [-0.3, -0.25) is 4.90 Å². The summed E-state index contributed by atoms with van der Waals surface area (Å²) in [6, 6.07) is 0.384. The van der Waals surface area contributed by atoms with E-state index in [1.807, 2.05) is 0 Å². The fourth-order valence-corrected chi connectivity index (χ4v) is 3.12. The minimum atomic E-state index is -4.10. The highest BCUT2D eigenvalue weighted by molar-refractivity contribution is 4.86. The van der Waals surface area contributed by atoms with E-state index >= 15 is 0 Å². The fourth-order valence-electron chi connectivity index (χ4n) is 3.12. The summed E-state index contributed by atoms with van der Waals surface area (Å²) in [7, 11) is 0. The van der Waals surface area contributed by atoms with E-state index < -0.39 is 12.7 Å². The van der Waals surface area contributed by atoms with Crippen LogP contribution in [0.5, 0.6) is 0 Å². The maximum atomic E-state index is 12.3. The monoisotopic (exact) mass is 280 g/mol. The average Bonchev–Trinajstić information content (AvgIpc) is 2.33. The summed E-state index contributed by atoms with van der Waals surface area (Å²) in [5, 5.41) is 13.3. The van der Waals surface area contributed by atoms with Gasteiger partial charge < -0.3 is 10.4 Å². The Morgan fingerprint density at radius 3 is 2.26 bits per heavy atom. The molecule has 2 aliphatic rings. The number of alkyl halides is 3. The topological polar surface area (TPSA) is 35.5 Å². The third kappa shape index (κ3) is 4.93. The number of likely N-dealkylation sites (tertiary alicyclic amines) is 1. The van der Waals surface area contributed by atoms with Gasteiger partial charge in [-0.05, 0) is 38.8 Å². The summed E-state index contributed by atoms with van der Waals surface area (Å²) in [6.45, 7) is 0.172. The molecule has 2 atom stereocenters. The van der Waals surface area contributed by atoms with Gasteiger partial charge in [0.15, 0.2) is 0 Å². The molecule has 1 saturated heterocycles. The largest absolute Gasteiger partial charge is 0.401 e. The van der Waals surface area contributed by atoms with Gasteiger partial charge in [0.05, 0.1) is 12.6 Å². The van der Waals surface area contributed by atoms with Crippen LogP contribution in [0, 0.1) is 0 Å². The second-order valence-electron chi connectivity index (χ2n) is 5.79. The predicted octanol–water partition coefficient (Wildman–Crippen LogP) is 1.91.